The molecule has 3 heterocycles. The van der Waals surface area contributed by atoms with Crippen LogP contribution in [0.4, 0.5) is 0 Å². The number of aromatic nitrogens is 3. The summed E-state index contributed by atoms with van der Waals surface area (Å²) >= 11 is 0. The minimum Gasteiger partial charge on any atom is -0.464 e. The number of nitrogens with zero attached hydrogens (tertiary/aromatic N) is 4. The molecule has 3 aromatic heterocycles. The Bertz CT molecular complexity index is 1140. The number of imidazole rings is 1. The van der Waals surface area contributed by atoms with Crippen LogP contribution >= 0.6 is 0 Å². The fourth-order valence-corrected chi connectivity index (χ4v) is 3.54. The van der Waals surface area contributed by atoms with E-state index in [0.717, 1.165) is 31.7 Å². The van der Waals surface area contributed by atoms with Crippen molar-refractivity contribution in [1.82, 2.24) is 19.4 Å². The van der Waals surface area contributed by atoms with Gasteiger partial charge in [-0.05, 0) is 43.2 Å². The van der Waals surface area contributed by atoms with Crippen molar-refractivity contribution >= 4 is 11.0 Å². The molecule has 0 aliphatic heterocycles. The second kappa shape index (κ2) is 8.84. The van der Waals surface area contributed by atoms with E-state index in [1.807, 2.05) is 56.0 Å². The molecule has 6 nitrogen and oxygen atoms in total. The van der Waals surface area contributed by atoms with Gasteiger partial charge in [0.1, 0.15) is 5.58 Å². The zero-order valence-corrected chi connectivity index (χ0v) is 16.5. The molecular weight excluding hydrogens is 364 g/mol. The number of benzene rings is 1. The number of aryl methyl sites for hydroxylation is 2. The van der Waals surface area contributed by atoms with E-state index in [1.165, 1.54) is 5.56 Å². The minimum atomic E-state index is 0.0392. The highest BCUT2D eigenvalue weighted by Gasteiger charge is 2.13. The molecule has 0 radical (unpaired) electrons. The lowest BCUT2D eigenvalue weighted by Gasteiger charge is -2.22. The highest BCUT2D eigenvalue weighted by Crippen LogP contribution is 2.14. The number of fused-ring (bicyclic) bond motifs is 1. The lowest BCUT2D eigenvalue weighted by Crippen LogP contribution is -2.27. The largest absolute Gasteiger partial charge is 0.464 e. The summed E-state index contributed by atoms with van der Waals surface area (Å²) in [7, 11) is 0. The van der Waals surface area contributed by atoms with Crippen LogP contribution in [0.2, 0.25) is 0 Å². The van der Waals surface area contributed by atoms with Crippen molar-refractivity contribution in [3.8, 4) is 0 Å². The molecule has 0 aliphatic carbocycles. The van der Waals surface area contributed by atoms with Crippen molar-refractivity contribution in [1.29, 1.82) is 0 Å². The van der Waals surface area contributed by atoms with Crippen molar-refractivity contribution in [2.24, 2.45) is 0 Å². The first-order valence-corrected chi connectivity index (χ1v) is 9.78. The molecule has 0 saturated carbocycles. The topological polar surface area (TPSA) is 64.2 Å². The summed E-state index contributed by atoms with van der Waals surface area (Å²) in [4.78, 5) is 23.6. The highest BCUT2D eigenvalue weighted by molar-refractivity contribution is 5.76. The van der Waals surface area contributed by atoms with Gasteiger partial charge in [-0.1, -0.05) is 12.1 Å². The Kier molecular flexibility index (Phi) is 5.81. The quantitative estimate of drug-likeness (QED) is 0.460. The molecule has 0 amide bonds. The smallest absolute Gasteiger partial charge is 0.197 e. The number of para-hydroxylation sites is 1. The molecule has 0 N–H and O–H groups in total. The van der Waals surface area contributed by atoms with Crippen LogP contribution in [0, 0.1) is 6.92 Å². The van der Waals surface area contributed by atoms with Crippen LogP contribution in [-0.2, 0) is 19.6 Å². The van der Waals surface area contributed by atoms with E-state index in [9.17, 15) is 4.79 Å². The summed E-state index contributed by atoms with van der Waals surface area (Å²) in [5, 5.41) is 0.628. The van der Waals surface area contributed by atoms with Crippen LogP contribution in [-0.4, -0.2) is 26.0 Å². The molecule has 0 unspecified atom stereocenters. The van der Waals surface area contributed by atoms with Gasteiger partial charge in [0.05, 0.1) is 18.0 Å². The van der Waals surface area contributed by atoms with Gasteiger partial charge in [0.2, 0.25) is 0 Å². The molecular formula is C23H24N4O2. The third-order valence-corrected chi connectivity index (χ3v) is 4.96. The van der Waals surface area contributed by atoms with Gasteiger partial charge in [0.15, 0.2) is 5.43 Å². The van der Waals surface area contributed by atoms with Crippen molar-refractivity contribution in [3.63, 3.8) is 0 Å². The zero-order valence-electron chi connectivity index (χ0n) is 16.5. The van der Waals surface area contributed by atoms with Gasteiger partial charge in [-0.2, -0.15) is 0 Å². The third kappa shape index (κ3) is 4.78. The summed E-state index contributed by atoms with van der Waals surface area (Å²) in [5.74, 6) is 0. The second-order valence-corrected chi connectivity index (χ2v) is 7.26. The molecule has 6 heteroatoms. The van der Waals surface area contributed by atoms with Gasteiger partial charge >= 0.3 is 0 Å². The summed E-state index contributed by atoms with van der Waals surface area (Å²) in [6.45, 7) is 5.02. The molecule has 148 valence electrons. The second-order valence-electron chi connectivity index (χ2n) is 7.26. The van der Waals surface area contributed by atoms with Crippen molar-refractivity contribution in [3.05, 3.63) is 94.6 Å². The number of pyridine rings is 1. The van der Waals surface area contributed by atoms with E-state index in [1.54, 1.807) is 12.5 Å². The first-order chi connectivity index (χ1) is 14.2. The number of hydrogen-bond acceptors (Lipinski definition) is 5. The SMILES string of the molecule is Cc1cc(CN(CCCn2ccnc2)Cc2coc3ccccc3c2=O)ccn1. The predicted molar refractivity (Wildman–Crippen MR) is 112 cm³/mol. The first kappa shape index (κ1) is 19.1. The van der Waals surface area contributed by atoms with E-state index in [0.29, 0.717) is 23.1 Å². The Labute approximate surface area is 169 Å². The molecule has 0 atom stereocenters. The standard InChI is InChI=1S/C23H24N4O2/c1-18-13-19(7-8-25-18)14-27(11-4-10-26-12-9-24-17-26)15-20-16-29-22-6-3-2-5-21(22)23(20)28/h2-3,5-9,12-13,16-17H,4,10-11,14-15H2,1H3. The van der Waals surface area contributed by atoms with Crippen molar-refractivity contribution in [2.45, 2.75) is 33.0 Å². The molecule has 0 saturated heterocycles. The lowest BCUT2D eigenvalue weighted by molar-refractivity contribution is 0.246. The fraction of sp³-hybridized carbons (Fsp3) is 0.261. The van der Waals surface area contributed by atoms with Crippen LogP contribution in [0.5, 0.6) is 0 Å². The Morgan fingerprint density at radius 3 is 2.86 bits per heavy atom. The fourth-order valence-electron chi connectivity index (χ4n) is 3.54. The van der Waals surface area contributed by atoms with E-state index >= 15 is 0 Å². The summed E-state index contributed by atoms with van der Waals surface area (Å²) in [6.07, 6.45) is 9.98. The maximum absolute atomic E-state index is 12.9. The number of rotatable bonds is 8. The van der Waals surface area contributed by atoms with E-state index in [-0.39, 0.29) is 5.43 Å². The average Bonchev–Trinajstić information content (AvgIpc) is 3.24. The van der Waals surface area contributed by atoms with Gasteiger partial charge in [-0.15, -0.1) is 0 Å². The Hall–Kier alpha value is -3.25. The minimum absolute atomic E-state index is 0.0392. The van der Waals surface area contributed by atoms with Crippen molar-refractivity contribution < 1.29 is 4.42 Å². The summed E-state index contributed by atoms with van der Waals surface area (Å²) < 4.78 is 7.78. The van der Waals surface area contributed by atoms with Crippen LogP contribution in [0.15, 0.2) is 76.8 Å². The first-order valence-electron chi connectivity index (χ1n) is 9.78. The summed E-state index contributed by atoms with van der Waals surface area (Å²) in [5.41, 5.74) is 3.52. The summed E-state index contributed by atoms with van der Waals surface area (Å²) in [6, 6.07) is 11.5. The predicted octanol–water partition coefficient (Wildman–Crippen LogP) is 3.79. The third-order valence-electron chi connectivity index (χ3n) is 4.96. The molecule has 0 bridgehead atoms. The van der Waals surface area contributed by atoms with Gasteiger partial charge in [-0.3, -0.25) is 14.7 Å². The maximum Gasteiger partial charge on any atom is 0.197 e. The Balaban J connectivity index is 1.53. The highest BCUT2D eigenvalue weighted by atomic mass is 16.3. The average molecular weight is 388 g/mol. The molecule has 4 rings (SSSR count). The maximum atomic E-state index is 12.9. The van der Waals surface area contributed by atoms with Crippen molar-refractivity contribution in [2.75, 3.05) is 6.54 Å². The number of hydrogen-bond donors (Lipinski definition) is 0. The van der Waals surface area contributed by atoms with Crippen LogP contribution < -0.4 is 5.43 Å². The Morgan fingerprint density at radius 1 is 1.14 bits per heavy atom. The van der Waals surface area contributed by atoms with Gasteiger partial charge in [0, 0.05) is 56.0 Å². The van der Waals surface area contributed by atoms with Crippen LogP contribution in [0.1, 0.15) is 23.2 Å². The molecule has 0 spiro atoms. The molecule has 0 aliphatic rings. The zero-order chi connectivity index (χ0) is 20.1. The van der Waals surface area contributed by atoms with Crippen LogP contribution in [0.25, 0.3) is 11.0 Å². The molecule has 0 fully saturated rings. The van der Waals surface area contributed by atoms with Gasteiger partial charge in [0.25, 0.3) is 0 Å². The monoisotopic (exact) mass is 388 g/mol. The molecule has 1 aromatic carbocycles. The molecule has 4 aromatic rings. The van der Waals surface area contributed by atoms with Gasteiger partial charge in [-0.25, -0.2) is 4.98 Å². The lowest BCUT2D eigenvalue weighted by atomic mass is 10.1. The normalized spacial score (nSPS) is 11.4. The van der Waals surface area contributed by atoms with E-state index in [2.05, 4.69) is 25.5 Å². The Morgan fingerprint density at radius 2 is 2.03 bits per heavy atom. The van der Waals surface area contributed by atoms with E-state index < -0.39 is 0 Å². The van der Waals surface area contributed by atoms with Crippen LogP contribution in [0.3, 0.4) is 0 Å². The molecule has 29 heavy (non-hydrogen) atoms. The van der Waals surface area contributed by atoms with E-state index in [4.69, 9.17) is 4.42 Å². The van der Waals surface area contributed by atoms with Gasteiger partial charge < -0.3 is 8.98 Å².